The van der Waals surface area contributed by atoms with E-state index in [1.807, 2.05) is 6.92 Å². The maximum Gasteiger partial charge on any atom is 0.229 e. The topological polar surface area (TPSA) is 68.2 Å². The van der Waals surface area contributed by atoms with Crippen LogP contribution in [-0.2, 0) is 9.59 Å². The van der Waals surface area contributed by atoms with Gasteiger partial charge in [0.15, 0.2) is 5.96 Å². The lowest BCUT2D eigenvalue weighted by molar-refractivity contribution is -0.147. The zero-order valence-corrected chi connectivity index (χ0v) is 18.2. The van der Waals surface area contributed by atoms with Gasteiger partial charge in [0.25, 0.3) is 0 Å². The Morgan fingerprint density at radius 1 is 1.13 bits per heavy atom. The molecule has 2 aliphatic rings. The lowest BCUT2D eigenvalue weighted by Crippen LogP contribution is -2.54. The number of guanidine groups is 1. The van der Waals surface area contributed by atoms with Gasteiger partial charge in [0.05, 0.1) is 0 Å². The number of hydrogen-bond acceptors (Lipinski definition) is 4. The van der Waals surface area contributed by atoms with E-state index in [0.29, 0.717) is 51.0 Å². The summed E-state index contributed by atoms with van der Waals surface area (Å²) in [4.78, 5) is 33.8. The van der Waals surface area contributed by atoms with Gasteiger partial charge in [-0.05, 0) is 18.9 Å². The van der Waals surface area contributed by atoms with Gasteiger partial charge in [-0.1, -0.05) is 13.0 Å². The Bertz CT molecular complexity index is 808. The van der Waals surface area contributed by atoms with Gasteiger partial charge >= 0.3 is 0 Å². The molecule has 1 unspecified atom stereocenters. The van der Waals surface area contributed by atoms with Crippen LogP contribution in [0.15, 0.2) is 23.2 Å². The summed E-state index contributed by atoms with van der Waals surface area (Å²) < 4.78 is 27.6. The molecule has 1 atom stereocenters. The molecule has 2 aliphatic heterocycles. The molecule has 2 fully saturated rings. The Kier molecular flexibility index (Phi) is 7.95. The molecular weight excluding hydrogens is 404 g/mol. The average Bonchev–Trinajstić information content (AvgIpc) is 2.75. The number of nitrogens with zero attached hydrogens (tertiary/aromatic N) is 4. The number of imide groups is 1. The largest absolute Gasteiger partial charge is 0.354 e. The second kappa shape index (κ2) is 10.7. The molecule has 1 aromatic carbocycles. The first-order valence-electron chi connectivity index (χ1n) is 10.9. The standard InChI is InChI=1S/C22H31F2N5O2/c1-3-19(17-8-7-16(23)15-18(17)24)27-11-13-28(14-12-27)22(25-2)26-9-10-29-20(30)5-4-6-21(29)31/h7-8,15,19H,3-6,9-14H2,1-2H3,(H,25,26). The minimum Gasteiger partial charge on any atom is -0.354 e. The molecule has 3 rings (SSSR count). The number of likely N-dealkylation sites (tertiary alicyclic amines) is 1. The van der Waals surface area contributed by atoms with E-state index < -0.39 is 11.6 Å². The van der Waals surface area contributed by atoms with Crippen molar-refractivity contribution in [2.75, 3.05) is 46.3 Å². The third kappa shape index (κ3) is 5.58. The van der Waals surface area contributed by atoms with E-state index in [9.17, 15) is 18.4 Å². The number of piperidine rings is 1. The Morgan fingerprint density at radius 3 is 2.39 bits per heavy atom. The molecule has 0 radical (unpaired) electrons. The normalized spacial score (nSPS) is 19.7. The molecule has 31 heavy (non-hydrogen) atoms. The number of benzene rings is 1. The third-order valence-electron chi connectivity index (χ3n) is 5.98. The van der Waals surface area contributed by atoms with Crippen LogP contribution in [0.5, 0.6) is 0 Å². The highest BCUT2D eigenvalue weighted by atomic mass is 19.1. The van der Waals surface area contributed by atoms with E-state index in [4.69, 9.17) is 0 Å². The van der Waals surface area contributed by atoms with E-state index in [1.165, 1.54) is 17.0 Å². The third-order valence-corrected chi connectivity index (χ3v) is 5.98. The number of piperazine rings is 1. The number of halogens is 2. The molecule has 2 saturated heterocycles. The maximum absolute atomic E-state index is 14.3. The maximum atomic E-state index is 14.3. The van der Waals surface area contributed by atoms with Crippen molar-refractivity contribution in [1.29, 1.82) is 0 Å². The fourth-order valence-electron chi connectivity index (χ4n) is 4.35. The number of nitrogens with one attached hydrogen (secondary N) is 1. The van der Waals surface area contributed by atoms with Gasteiger partial charge in [0.2, 0.25) is 11.8 Å². The molecule has 0 spiro atoms. The van der Waals surface area contributed by atoms with Gasteiger partial charge in [-0.3, -0.25) is 24.4 Å². The van der Waals surface area contributed by atoms with Crippen molar-refractivity contribution in [1.82, 2.24) is 20.0 Å². The predicted molar refractivity (Wildman–Crippen MR) is 114 cm³/mol. The molecule has 1 aromatic rings. The van der Waals surface area contributed by atoms with Crippen LogP contribution < -0.4 is 5.32 Å². The molecule has 7 nitrogen and oxygen atoms in total. The quantitative estimate of drug-likeness (QED) is 0.421. The Balaban J connectivity index is 1.52. The van der Waals surface area contributed by atoms with E-state index in [0.717, 1.165) is 31.5 Å². The van der Waals surface area contributed by atoms with Gasteiger partial charge in [-0.25, -0.2) is 8.78 Å². The van der Waals surface area contributed by atoms with Crippen molar-refractivity contribution < 1.29 is 18.4 Å². The summed E-state index contributed by atoms with van der Waals surface area (Å²) in [7, 11) is 1.70. The summed E-state index contributed by atoms with van der Waals surface area (Å²) in [5.74, 6) is -0.574. The first kappa shape index (κ1) is 23.1. The van der Waals surface area contributed by atoms with Crippen molar-refractivity contribution in [3.05, 3.63) is 35.4 Å². The summed E-state index contributed by atoms with van der Waals surface area (Å²) in [6.07, 6.45) is 2.22. The number of rotatable bonds is 6. The SMILES string of the molecule is CCC(c1ccc(F)cc1F)N1CCN(C(=NC)NCCN2C(=O)CCCC2=O)CC1. The van der Waals surface area contributed by atoms with Crippen LogP contribution in [-0.4, -0.2) is 78.8 Å². The molecule has 0 saturated carbocycles. The summed E-state index contributed by atoms with van der Waals surface area (Å²) in [5.41, 5.74) is 0.524. The molecule has 170 valence electrons. The van der Waals surface area contributed by atoms with Gasteiger partial charge in [-0.2, -0.15) is 0 Å². The zero-order chi connectivity index (χ0) is 22.4. The fourth-order valence-corrected chi connectivity index (χ4v) is 4.35. The van der Waals surface area contributed by atoms with E-state index in [-0.39, 0.29) is 17.9 Å². The van der Waals surface area contributed by atoms with E-state index in [1.54, 1.807) is 7.05 Å². The van der Waals surface area contributed by atoms with Gasteiger partial charge in [0, 0.05) is 76.8 Å². The van der Waals surface area contributed by atoms with Crippen molar-refractivity contribution in [3.63, 3.8) is 0 Å². The van der Waals surface area contributed by atoms with Crippen LogP contribution in [0.2, 0.25) is 0 Å². The number of aliphatic imine (C=N–C) groups is 1. The monoisotopic (exact) mass is 435 g/mol. The summed E-state index contributed by atoms with van der Waals surface area (Å²) in [6, 6.07) is 3.68. The van der Waals surface area contributed by atoms with Gasteiger partial charge in [0.1, 0.15) is 11.6 Å². The first-order valence-corrected chi connectivity index (χ1v) is 10.9. The zero-order valence-electron chi connectivity index (χ0n) is 18.2. The number of carbonyl (C=O) groups excluding carboxylic acids is 2. The van der Waals surface area contributed by atoms with Crippen molar-refractivity contribution >= 4 is 17.8 Å². The Labute approximate surface area is 182 Å². The lowest BCUT2D eigenvalue weighted by Gasteiger charge is -2.40. The van der Waals surface area contributed by atoms with Gasteiger partial charge < -0.3 is 10.2 Å². The molecule has 2 amide bonds. The Morgan fingerprint density at radius 2 is 1.81 bits per heavy atom. The molecule has 1 N–H and O–H groups in total. The molecule has 0 aliphatic carbocycles. The van der Waals surface area contributed by atoms with Crippen molar-refractivity contribution in [2.24, 2.45) is 4.99 Å². The highest BCUT2D eigenvalue weighted by Crippen LogP contribution is 2.28. The molecular formula is C22H31F2N5O2. The molecule has 9 heteroatoms. The van der Waals surface area contributed by atoms with Crippen molar-refractivity contribution in [2.45, 2.75) is 38.6 Å². The number of carbonyl (C=O) groups is 2. The first-order chi connectivity index (χ1) is 14.9. The van der Waals surface area contributed by atoms with Crippen LogP contribution in [0.3, 0.4) is 0 Å². The minimum atomic E-state index is -0.566. The molecule has 0 aromatic heterocycles. The van der Waals surface area contributed by atoms with E-state index in [2.05, 4.69) is 20.1 Å². The second-order valence-corrected chi connectivity index (χ2v) is 7.88. The van der Waals surface area contributed by atoms with Crippen LogP contribution in [0.25, 0.3) is 0 Å². The summed E-state index contributed by atoms with van der Waals surface area (Å²) in [5, 5.41) is 3.24. The van der Waals surface area contributed by atoms with Gasteiger partial charge in [-0.15, -0.1) is 0 Å². The highest BCUT2D eigenvalue weighted by Gasteiger charge is 2.28. The number of hydrogen-bond donors (Lipinski definition) is 1. The lowest BCUT2D eigenvalue weighted by atomic mass is 10.0. The molecule has 2 heterocycles. The molecule has 0 bridgehead atoms. The van der Waals surface area contributed by atoms with Crippen LogP contribution in [0.4, 0.5) is 8.78 Å². The van der Waals surface area contributed by atoms with Crippen LogP contribution in [0.1, 0.15) is 44.2 Å². The fraction of sp³-hybridized carbons (Fsp3) is 0.591. The smallest absolute Gasteiger partial charge is 0.229 e. The van der Waals surface area contributed by atoms with Crippen LogP contribution in [0, 0.1) is 11.6 Å². The van der Waals surface area contributed by atoms with Crippen molar-refractivity contribution in [3.8, 4) is 0 Å². The van der Waals surface area contributed by atoms with Crippen LogP contribution >= 0.6 is 0 Å². The summed E-state index contributed by atoms with van der Waals surface area (Å²) in [6.45, 7) is 5.64. The highest BCUT2D eigenvalue weighted by molar-refractivity contribution is 5.97. The Hall–Kier alpha value is -2.55. The minimum absolute atomic E-state index is 0.103. The van der Waals surface area contributed by atoms with E-state index >= 15 is 0 Å². The number of amides is 2. The average molecular weight is 436 g/mol. The second-order valence-electron chi connectivity index (χ2n) is 7.88. The predicted octanol–water partition coefficient (Wildman–Crippen LogP) is 2.15. The summed E-state index contributed by atoms with van der Waals surface area (Å²) >= 11 is 0.